The summed E-state index contributed by atoms with van der Waals surface area (Å²) in [6.07, 6.45) is 7.19. The molecular formula is C23H15Cl2N5S. The van der Waals surface area contributed by atoms with Crippen LogP contribution in [0.3, 0.4) is 0 Å². The second-order valence-corrected chi connectivity index (χ2v) is 8.38. The monoisotopic (exact) mass is 463 g/mol. The number of fused-ring (bicyclic) bond motifs is 1. The predicted octanol–water partition coefficient (Wildman–Crippen LogP) is 6.51. The van der Waals surface area contributed by atoms with Crippen LogP contribution in [0, 0.1) is 0 Å². The highest BCUT2D eigenvalue weighted by Crippen LogP contribution is 2.31. The van der Waals surface area contributed by atoms with Gasteiger partial charge in [-0.25, -0.2) is 9.67 Å². The van der Waals surface area contributed by atoms with E-state index in [-0.39, 0.29) is 0 Å². The van der Waals surface area contributed by atoms with Crippen molar-refractivity contribution < 1.29 is 0 Å². The van der Waals surface area contributed by atoms with Gasteiger partial charge in [-0.2, -0.15) is 5.10 Å². The maximum atomic E-state index is 6.49. The van der Waals surface area contributed by atoms with Crippen molar-refractivity contribution in [3.63, 3.8) is 0 Å². The average Bonchev–Trinajstić information content (AvgIpc) is 3.37. The van der Waals surface area contributed by atoms with Gasteiger partial charge in [0.2, 0.25) is 4.80 Å². The lowest BCUT2D eigenvalue weighted by atomic mass is 10.2. The SMILES string of the molecule is Clc1ccc(-c2csc(=Nc3cccnc3)n2N=Cc2c[nH]c3ccccc23)c(Cl)c1. The molecule has 0 radical (unpaired) electrons. The van der Waals surface area contributed by atoms with Crippen LogP contribution in [0.1, 0.15) is 5.56 Å². The van der Waals surface area contributed by atoms with Crippen LogP contribution < -0.4 is 4.80 Å². The molecule has 31 heavy (non-hydrogen) atoms. The molecule has 2 aromatic carbocycles. The summed E-state index contributed by atoms with van der Waals surface area (Å²) >= 11 is 14.1. The highest BCUT2D eigenvalue weighted by Gasteiger charge is 2.12. The highest BCUT2D eigenvalue weighted by atomic mass is 35.5. The molecule has 0 unspecified atom stereocenters. The van der Waals surface area contributed by atoms with Crippen LogP contribution in [-0.2, 0) is 0 Å². The summed E-state index contributed by atoms with van der Waals surface area (Å²) in [6.45, 7) is 0. The van der Waals surface area contributed by atoms with Gasteiger partial charge in [-0.05, 0) is 36.4 Å². The molecule has 0 aliphatic carbocycles. The Morgan fingerprint density at radius 3 is 2.81 bits per heavy atom. The van der Waals surface area contributed by atoms with E-state index >= 15 is 0 Å². The number of pyridine rings is 1. The van der Waals surface area contributed by atoms with Crippen molar-refractivity contribution in [1.82, 2.24) is 14.6 Å². The fourth-order valence-corrected chi connectivity index (χ4v) is 4.58. The van der Waals surface area contributed by atoms with Crippen molar-refractivity contribution in [1.29, 1.82) is 0 Å². The van der Waals surface area contributed by atoms with Crippen molar-refractivity contribution in [2.24, 2.45) is 10.1 Å². The number of halogens is 2. The second kappa shape index (κ2) is 8.51. The minimum Gasteiger partial charge on any atom is -0.361 e. The van der Waals surface area contributed by atoms with Crippen LogP contribution in [-0.4, -0.2) is 20.9 Å². The number of para-hydroxylation sites is 1. The summed E-state index contributed by atoms with van der Waals surface area (Å²) in [5.41, 5.74) is 4.43. The smallest absolute Gasteiger partial charge is 0.211 e. The molecule has 1 N–H and O–H groups in total. The number of nitrogens with one attached hydrogen (secondary N) is 1. The van der Waals surface area contributed by atoms with E-state index in [1.807, 2.05) is 60.3 Å². The summed E-state index contributed by atoms with van der Waals surface area (Å²) in [5.74, 6) is 0. The molecule has 0 bridgehead atoms. The number of nitrogens with zero attached hydrogens (tertiary/aromatic N) is 4. The molecule has 152 valence electrons. The number of rotatable bonds is 4. The summed E-state index contributed by atoms with van der Waals surface area (Å²) in [7, 11) is 0. The zero-order chi connectivity index (χ0) is 21.2. The third kappa shape index (κ3) is 4.05. The molecule has 0 spiro atoms. The zero-order valence-electron chi connectivity index (χ0n) is 16.0. The van der Waals surface area contributed by atoms with E-state index in [0.29, 0.717) is 14.8 Å². The first kappa shape index (κ1) is 19.8. The van der Waals surface area contributed by atoms with Gasteiger partial charge in [0.15, 0.2) is 0 Å². The molecule has 0 amide bonds. The average molecular weight is 464 g/mol. The number of H-pyrrole nitrogens is 1. The van der Waals surface area contributed by atoms with Crippen LogP contribution in [0.25, 0.3) is 22.2 Å². The number of aromatic amines is 1. The van der Waals surface area contributed by atoms with Gasteiger partial charge in [0, 0.05) is 44.8 Å². The topological polar surface area (TPSA) is 58.3 Å². The third-order valence-corrected chi connectivity index (χ3v) is 6.06. The van der Waals surface area contributed by atoms with Gasteiger partial charge in [-0.3, -0.25) is 4.98 Å². The quantitative estimate of drug-likeness (QED) is 0.303. The minimum absolute atomic E-state index is 0.550. The molecule has 0 fully saturated rings. The Morgan fingerprint density at radius 2 is 1.97 bits per heavy atom. The van der Waals surface area contributed by atoms with Crippen LogP contribution >= 0.6 is 34.5 Å². The van der Waals surface area contributed by atoms with Crippen molar-refractivity contribution in [2.75, 3.05) is 0 Å². The maximum Gasteiger partial charge on any atom is 0.211 e. The normalized spacial score (nSPS) is 12.3. The molecule has 0 saturated carbocycles. The number of hydrogen-bond donors (Lipinski definition) is 1. The molecule has 0 atom stereocenters. The fourth-order valence-electron chi connectivity index (χ4n) is 3.22. The van der Waals surface area contributed by atoms with Crippen molar-refractivity contribution in [3.8, 4) is 11.3 Å². The Bertz CT molecular complexity index is 1460. The van der Waals surface area contributed by atoms with E-state index in [0.717, 1.165) is 33.4 Å². The highest BCUT2D eigenvalue weighted by molar-refractivity contribution is 7.07. The van der Waals surface area contributed by atoms with Crippen molar-refractivity contribution in [3.05, 3.63) is 99.0 Å². The second-order valence-electron chi connectivity index (χ2n) is 6.70. The molecule has 0 aliphatic rings. The summed E-state index contributed by atoms with van der Waals surface area (Å²) in [6, 6.07) is 17.3. The Labute approximate surface area is 192 Å². The Kier molecular flexibility index (Phi) is 5.42. The lowest BCUT2D eigenvalue weighted by Gasteiger charge is -2.06. The zero-order valence-corrected chi connectivity index (χ0v) is 18.4. The number of hydrogen-bond acceptors (Lipinski definition) is 4. The van der Waals surface area contributed by atoms with E-state index in [1.165, 1.54) is 11.3 Å². The molecule has 5 nitrogen and oxygen atoms in total. The summed E-state index contributed by atoms with van der Waals surface area (Å²) < 4.78 is 1.79. The van der Waals surface area contributed by atoms with Crippen molar-refractivity contribution >= 4 is 57.3 Å². The first-order valence-electron chi connectivity index (χ1n) is 9.40. The number of benzene rings is 2. The molecule has 5 rings (SSSR count). The van der Waals surface area contributed by atoms with Gasteiger partial charge in [-0.1, -0.05) is 41.4 Å². The third-order valence-electron chi connectivity index (χ3n) is 4.70. The fraction of sp³-hybridized carbons (Fsp3) is 0. The lowest BCUT2D eigenvalue weighted by Crippen LogP contribution is -2.11. The minimum atomic E-state index is 0.550. The first-order chi connectivity index (χ1) is 15.2. The predicted molar refractivity (Wildman–Crippen MR) is 129 cm³/mol. The standard InChI is InChI=1S/C23H15Cl2N5S/c24-16-7-8-19(20(25)10-16)22-14-31-23(29-17-4-3-9-26-13-17)30(22)28-12-15-11-27-21-6-2-1-5-18(15)21/h1-14,27H. The molecule has 0 aliphatic heterocycles. The van der Waals surface area contributed by atoms with E-state index in [1.54, 1.807) is 23.1 Å². The molecular weight excluding hydrogens is 449 g/mol. The Balaban J connectivity index is 1.67. The van der Waals surface area contributed by atoms with Crippen LogP contribution in [0.5, 0.6) is 0 Å². The maximum absolute atomic E-state index is 6.49. The Hall–Kier alpha value is -3.19. The van der Waals surface area contributed by atoms with Gasteiger partial charge in [-0.15, -0.1) is 11.3 Å². The van der Waals surface area contributed by atoms with E-state index < -0.39 is 0 Å². The van der Waals surface area contributed by atoms with Gasteiger partial charge < -0.3 is 4.98 Å². The molecule has 0 saturated heterocycles. The Morgan fingerprint density at radius 1 is 1.06 bits per heavy atom. The molecule has 8 heteroatoms. The van der Waals surface area contributed by atoms with E-state index in [2.05, 4.69) is 16.0 Å². The van der Waals surface area contributed by atoms with Gasteiger partial charge in [0.25, 0.3) is 0 Å². The summed E-state index contributed by atoms with van der Waals surface area (Å²) in [4.78, 5) is 12.8. The molecule has 3 heterocycles. The van der Waals surface area contributed by atoms with Crippen molar-refractivity contribution in [2.45, 2.75) is 0 Å². The van der Waals surface area contributed by atoms with E-state index in [9.17, 15) is 0 Å². The molecule has 3 aromatic heterocycles. The van der Waals surface area contributed by atoms with Crippen LogP contribution in [0.15, 0.2) is 88.7 Å². The number of thiazole rings is 1. The lowest BCUT2D eigenvalue weighted by molar-refractivity contribution is 0.854. The van der Waals surface area contributed by atoms with Crippen LogP contribution in [0.4, 0.5) is 5.69 Å². The number of aromatic nitrogens is 3. The largest absolute Gasteiger partial charge is 0.361 e. The van der Waals surface area contributed by atoms with Gasteiger partial charge >= 0.3 is 0 Å². The molecule has 5 aromatic rings. The van der Waals surface area contributed by atoms with Gasteiger partial charge in [0.1, 0.15) is 0 Å². The van der Waals surface area contributed by atoms with E-state index in [4.69, 9.17) is 33.3 Å². The summed E-state index contributed by atoms with van der Waals surface area (Å²) in [5, 5.41) is 8.98. The first-order valence-corrected chi connectivity index (χ1v) is 11.0. The van der Waals surface area contributed by atoms with Gasteiger partial charge in [0.05, 0.1) is 28.8 Å². The van der Waals surface area contributed by atoms with Crippen LogP contribution in [0.2, 0.25) is 10.0 Å².